The molecule has 1 N–H and O–H groups in total. The van der Waals surface area contributed by atoms with E-state index < -0.39 is 6.04 Å². The van der Waals surface area contributed by atoms with Crippen molar-refractivity contribution in [1.82, 2.24) is 20.0 Å². The van der Waals surface area contributed by atoms with Crippen LogP contribution in [0.1, 0.15) is 46.0 Å². The van der Waals surface area contributed by atoms with Crippen molar-refractivity contribution in [1.29, 1.82) is 0 Å². The minimum absolute atomic E-state index is 0.0484. The van der Waals surface area contributed by atoms with Crippen molar-refractivity contribution in [2.45, 2.75) is 64.1 Å². The maximum absolute atomic E-state index is 12.7. The summed E-state index contributed by atoms with van der Waals surface area (Å²) in [5.74, 6) is -0.121. The third kappa shape index (κ3) is 3.01. The summed E-state index contributed by atoms with van der Waals surface area (Å²) >= 11 is 0. The Bertz CT molecular complexity index is 502. The minimum atomic E-state index is -0.504. The normalized spacial score (nSPS) is 26.0. The van der Waals surface area contributed by atoms with Gasteiger partial charge in [0.25, 0.3) is 5.91 Å². The largest absolute Gasteiger partial charge is 0.336 e. The van der Waals surface area contributed by atoms with Gasteiger partial charge in [0.05, 0.1) is 6.54 Å². The molecule has 7 heteroatoms. The van der Waals surface area contributed by atoms with E-state index in [9.17, 15) is 14.4 Å². The zero-order valence-electron chi connectivity index (χ0n) is 14.0. The average Bonchev–Trinajstić information content (AvgIpc) is 2.78. The van der Waals surface area contributed by atoms with Gasteiger partial charge in [-0.05, 0) is 26.7 Å². The Balaban J connectivity index is 1.69. The average molecular weight is 322 g/mol. The quantitative estimate of drug-likeness (QED) is 0.781. The summed E-state index contributed by atoms with van der Waals surface area (Å²) < 4.78 is 0. The molecule has 1 saturated carbocycles. The number of hydrogen-bond acceptors (Lipinski definition) is 3. The van der Waals surface area contributed by atoms with Gasteiger partial charge < -0.3 is 15.1 Å². The van der Waals surface area contributed by atoms with Crippen molar-refractivity contribution in [3.05, 3.63) is 0 Å². The van der Waals surface area contributed by atoms with E-state index >= 15 is 0 Å². The molecule has 23 heavy (non-hydrogen) atoms. The maximum Gasteiger partial charge on any atom is 0.327 e. The van der Waals surface area contributed by atoms with E-state index in [1.807, 2.05) is 13.8 Å². The van der Waals surface area contributed by atoms with E-state index in [4.69, 9.17) is 0 Å². The van der Waals surface area contributed by atoms with E-state index in [1.54, 1.807) is 9.80 Å². The van der Waals surface area contributed by atoms with E-state index in [0.29, 0.717) is 19.6 Å². The molecule has 128 valence electrons. The van der Waals surface area contributed by atoms with Crippen LogP contribution in [-0.4, -0.2) is 70.4 Å². The van der Waals surface area contributed by atoms with Crippen LogP contribution in [-0.2, 0) is 4.79 Å². The third-order valence-corrected chi connectivity index (χ3v) is 4.99. The molecule has 3 fully saturated rings. The molecule has 0 spiro atoms. The smallest absolute Gasteiger partial charge is 0.327 e. The van der Waals surface area contributed by atoms with Crippen molar-refractivity contribution >= 4 is 18.0 Å². The lowest BCUT2D eigenvalue weighted by Crippen LogP contribution is -2.57. The molecule has 3 aliphatic rings. The second-order valence-corrected chi connectivity index (χ2v) is 7.04. The van der Waals surface area contributed by atoms with Gasteiger partial charge in [0.15, 0.2) is 0 Å². The zero-order chi connectivity index (χ0) is 16.6. The first-order valence-corrected chi connectivity index (χ1v) is 8.68. The highest BCUT2D eigenvalue weighted by Gasteiger charge is 2.50. The van der Waals surface area contributed by atoms with Crippen LogP contribution in [0.5, 0.6) is 0 Å². The lowest BCUT2D eigenvalue weighted by atomic mass is 9.94. The molecule has 7 nitrogen and oxygen atoms in total. The molecule has 0 radical (unpaired) electrons. The van der Waals surface area contributed by atoms with E-state index in [1.165, 1.54) is 11.3 Å². The van der Waals surface area contributed by atoms with Crippen LogP contribution in [0.15, 0.2) is 0 Å². The lowest BCUT2D eigenvalue weighted by Gasteiger charge is -2.35. The molecule has 0 aromatic heterocycles. The minimum Gasteiger partial charge on any atom is -0.336 e. The molecule has 2 heterocycles. The summed E-state index contributed by atoms with van der Waals surface area (Å²) in [7, 11) is 0. The Kier molecular flexibility index (Phi) is 4.46. The molecule has 5 amide bonds. The SMILES string of the molecule is CC(C)NC(=O)N1CCN2C(=O)N(C3CCCCC3)C(=O)C2C1. The Morgan fingerprint density at radius 3 is 2.48 bits per heavy atom. The monoisotopic (exact) mass is 322 g/mol. The van der Waals surface area contributed by atoms with E-state index in [2.05, 4.69) is 5.32 Å². The molecule has 0 aromatic carbocycles. The van der Waals surface area contributed by atoms with Crippen LogP contribution in [0.2, 0.25) is 0 Å². The highest BCUT2D eigenvalue weighted by atomic mass is 16.2. The van der Waals surface area contributed by atoms with Crippen molar-refractivity contribution in [3.63, 3.8) is 0 Å². The summed E-state index contributed by atoms with van der Waals surface area (Å²) in [6, 6.07) is -0.713. The molecule has 2 saturated heterocycles. The van der Waals surface area contributed by atoms with Gasteiger partial charge in [0.1, 0.15) is 6.04 Å². The molecule has 0 bridgehead atoms. The summed E-state index contributed by atoms with van der Waals surface area (Å²) in [5.41, 5.74) is 0. The van der Waals surface area contributed by atoms with Gasteiger partial charge in [-0.3, -0.25) is 9.69 Å². The van der Waals surface area contributed by atoms with Crippen molar-refractivity contribution in [3.8, 4) is 0 Å². The van der Waals surface area contributed by atoms with Gasteiger partial charge >= 0.3 is 12.1 Å². The van der Waals surface area contributed by atoms with Gasteiger partial charge in [-0.1, -0.05) is 19.3 Å². The van der Waals surface area contributed by atoms with Crippen LogP contribution in [0, 0.1) is 0 Å². The van der Waals surface area contributed by atoms with Crippen LogP contribution in [0.25, 0.3) is 0 Å². The Labute approximate surface area is 137 Å². The topological polar surface area (TPSA) is 73.0 Å². The molecule has 1 unspecified atom stereocenters. The van der Waals surface area contributed by atoms with Gasteiger partial charge in [-0.2, -0.15) is 0 Å². The molecule has 3 rings (SSSR count). The lowest BCUT2D eigenvalue weighted by molar-refractivity contribution is -0.131. The molecule has 1 aliphatic carbocycles. The number of piperazine rings is 1. The third-order valence-electron chi connectivity index (χ3n) is 4.99. The van der Waals surface area contributed by atoms with Gasteiger partial charge in [-0.25, -0.2) is 9.59 Å². The molecule has 0 aromatic rings. The van der Waals surface area contributed by atoms with Crippen LogP contribution in [0.4, 0.5) is 9.59 Å². The number of amides is 5. The van der Waals surface area contributed by atoms with Crippen LogP contribution < -0.4 is 5.32 Å². The Morgan fingerprint density at radius 1 is 1.13 bits per heavy atom. The fourth-order valence-corrected chi connectivity index (χ4v) is 3.81. The highest BCUT2D eigenvalue weighted by Crippen LogP contribution is 2.30. The van der Waals surface area contributed by atoms with Gasteiger partial charge in [-0.15, -0.1) is 0 Å². The molecular weight excluding hydrogens is 296 g/mol. The number of imide groups is 1. The molecule has 1 atom stereocenters. The number of urea groups is 2. The van der Waals surface area contributed by atoms with Gasteiger partial charge in [0.2, 0.25) is 0 Å². The zero-order valence-corrected chi connectivity index (χ0v) is 14.0. The summed E-state index contributed by atoms with van der Waals surface area (Å²) in [5, 5.41) is 2.85. The van der Waals surface area contributed by atoms with Gasteiger partial charge in [0, 0.05) is 25.2 Å². The van der Waals surface area contributed by atoms with Crippen LogP contribution >= 0.6 is 0 Å². The number of nitrogens with one attached hydrogen (secondary N) is 1. The number of rotatable bonds is 2. The predicted octanol–water partition coefficient (Wildman–Crippen LogP) is 1.39. The first-order chi connectivity index (χ1) is 11.0. The molecule has 2 aliphatic heterocycles. The Hall–Kier alpha value is -1.79. The summed E-state index contributed by atoms with van der Waals surface area (Å²) in [6.07, 6.45) is 5.17. The highest BCUT2D eigenvalue weighted by molar-refractivity contribution is 6.05. The standard InChI is InChI=1S/C16H26N4O3/c1-11(2)17-15(22)18-8-9-19-13(10-18)14(21)20(16(19)23)12-6-4-3-5-7-12/h11-13H,3-10H2,1-2H3,(H,17,22). The van der Waals surface area contributed by atoms with Crippen molar-refractivity contribution < 1.29 is 14.4 Å². The second kappa shape index (κ2) is 6.37. The first-order valence-electron chi connectivity index (χ1n) is 8.68. The fourth-order valence-electron chi connectivity index (χ4n) is 3.81. The second-order valence-electron chi connectivity index (χ2n) is 7.04. The van der Waals surface area contributed by atoms with Crippen LogP contribution in [0.3, 0.4) is 0 Å². The molecular formula is C16H26N4O3. The number of fused-ring (bicyclic) bond motifs is 1. The van der Waals surface area contributed by atoms with E-state index in [0.717, 1.165) is 25.7 Å². The Morgan fingerprint density at radius 2 is 1.83 bits per heavy atom. The number of nitrogens with zero attached hydrogens (tertiary/aromatic N) is 3. The summed E-state index contributed by atoms with van der Waals surface area (Å²) in [4.78, 5) is 42.3. The summed E-state index contributed by atoms with van der Waals surface area (Å²) in [6.45, 7) is 5.02. The van der Waals surface area contributed by atoms with Crippen molar-refractivity contribution in [2.75, 3.05) is 19.6 Å². The first kappa shape index (κ1) is 16.1. The fraction of sp³-hybridized carbons (Fsp3) is 0.812. The van der Waals surface area contributed by atoms with E-state index in [-0.39, 0.29) is 30.1 Å². The number of hydrogen-bond donors (Lipinski definition) is 1. The number of carbonyl (C=O) groups is 3. The van der Waals surface area contributed by atoms with Crippen molar-refractivity contribution in [2.24, 2.45) is 0 Å². The maximum atomic E-state index is 12.7. The predicted molar refractivity (Wildman–Crippen MR) is 84.8 cm³/mol. The number of carbonyl (C=O) groups excluding carboxylic acids is 3.